The number of rotatable bonds is 7. The monoisotopic (exact) mass is 256 g/mol. The Bertz CT molecular complexity index is 246. The van der Waals surface area contributed by atoms with E-state index in [1.165, 1.54) is 12.8 Å². The summed E-state index contributed by atoms with van der Waals surface area (Å²) in [6.45, 7) is 5.48. The fraction of sp³-hybridized carbons (Fsp3) is 0.929. The second-order valence-electron chi connectivity index (χ2n) is 5.61. The van der Waals surface area contributed by atoms with Crippen LogP contribution in [0.3, 0.4) is 0 Å². The highest BCUT2D eigenvalue weighted by atomic mass is 16.5. The Hall–Kier alpha value is -0.610. The van der Waals surface area contributed by atoms with Crippen molar-refractivity contribution < 1.29 is 9.53 Å². The third-order valence-electron chi connectivity index (χ3n) is 3.77. The molecular formula is C14H28N2O2. The molecule has 2 N–H and O–H groups in total. The number of hydrogen-bond acceptors (Lipinski definition) is 3. The molecule has 1 saturated carbocycles. The lowest BCUT2D eigenvalue weighted by Gasteiger charge is -2.32. The van der Waals surface area contributed by atoms with Crippen molar-refractivity contribution in [1.82, 2.24) is 4.90 Å². The highest BCUT2D eigenvalue weighted by Crippen LogP contribution is 2.25. The van der Waals surface area contributed by atoms with Crippen molar-refractivity contribution in [2.45, 2.75) is 58.1 Å². The van der Waals surface area contributed by atoms with Crippen LogP contribution < -0.4 is 5.73 Å². The van der Waals surface area contributed by atoms with Gasteiger partial charge in [-0.3, -0.25) is 4.79 Å². The Morgan fingerprint density at radius 1 is 1.39 bits per heavy atom. The van der Waals surface area contributed by atoms with Gasteiger partial charge in [0.05, 0.1) is 0 Å². The van der Waals surface area contributed by atoms with Crippen molar-refractivity contribution in [1.29, 1.82) is 0 Å². The van der Waals surface area contributed by atoms with Gasteiger partial charge in [-0.15, -0.1) is 0 Å². The number of nitrogens with two attached hydrogens (primary N) is 1. The third kappa shape index (κ3) is 4.25. The summed E-state index contributed by atoms with van der Waals surface area (Å²) >= 11 is 0. The van der Waals surface area contributed by atoms with E-state index < -0.39 is 6.10 Å². The molecule has 0 heterocycles. The lowest BCUT2D eigenvalue weighted by molar-refractivity contribution is -0.143. The van der Waals surface area contributed by atoms with Crippen molar-refractivity contribution in [2.24, 2.45) is 11.7 Å². The first-order chi connectivity index (χ1) is 8.60. The van der Waals surface area contributed by atoms with Crippen LogP contribution >= 0.6 is 0 Å². The molecule has 1 aliphatic rings. The summed E-state index contributed by atoms with van der Waals surface area (Å²) in [5, 5.41) is 0. The Morgan fingerprint density at radius 2 is 2.00 bits per heavy atom. The standard InChI is InChI=1S/C14H28N2O2/c1-11(2)8-9-16(12-6-4-5-7-12)14(17)13(10-15)18-3/h11-13H,4-10,15H2,1-3H3. The predicted molar refractivity (Wildman–Crippen MR) is 73.3 cm³/mol. The van der Waals surface area contributed by atoms with Crippen LogP contribution in [0.15, 0.2) is 0 Å². The van der Waals surface area contributed by atoms with Crippen molar-refractivity contribution in [3.63, 3.8) is 0 Å². The van der Waals surface area contributed by atoms with E-state index in [1.807, 2.05) is 4.90 Å². The van der Waals surface area contributed by atoms with Gasteiger partial charge in [-0.05, 0) is 25.2 Å². The van der Waals surface area contributed by atoms with Crippen LogP contribution in [0.2, 0.25) is 0 Å². The molecule has 1 amide bonds. The van der Waals surface area contributed by atoms with Crippen LogP contribution in [-0.4, -0.2) is 43.2 Å². The lowest BCUT2D eigenvalue weighted by atomic mass is 10.1. The molecule has 1 fully saturated rings. The van der Waals surface area contributed by atoms with Gasteiger partial charge in [-0.2, -0.15) is 0 Å². The van der Waals surface area contributed by atoms with E-state index in [0.29, 0.717) is 12.0 Å². The van der Waals surface area contributed by atoms with Crippen LogP contribution in [0.5, 0.6) is 0 Å². The quantitative estimate of drug-likeness (QED) is 0.755. The molecule has 1 unspecified atom stereocenters. The lowest BCUT2D eigenvalue weighted by Crippen LogP contribution is -2.48. The van der Waals surface area contributed by atoms with E-state index in [-0.39, 0.29) is 12.5 Å². The van der Waals surface area contributed by atoms with Crippen molar-refractivity contribution in [3.8, 4) is 0 Å². The maximum Gasteiger partial charge on any atom is 0.253 e. The SMILES string of the molecule is COC(CN)C(=O)N(CCC(C)C)C1CCCC1. The first kappa shape index (κ1) is 15.4. The molecule has 0 saturated heterocycles. The van der Waals surface area contributed by atoms with Crippen molar-refractivity contribution in [2.75, 3.05) is 20.2 Å². The van der Waals surface area contributed by atoms with Gasteiger partial charge in [0.15, 0.2) is 0 Å². The fourth-order valence-corrected chi connectivity index (χ4v) is 2.57. The minimum atomic E-state index is -0.474. The summed E-state index contributed by atoms with van der Waals surface area (Å²) in [5.74, 6) is 0.688. The van der Waals surface area contributed by atoms with Crippen LogP contribution in [0, 0.1) is 5.92 Å². The Morgan fingerprint density at radius 3 is 2.44 bits per heavy atom. The Kier molecular flexibility index (Phi) is 6.65. The molecule has 18 heavy (non-hydrogen) atoms. The van der Waals surface area contributed by atoms with Gasteiger partial charge in [0, 0.05) is 26.2 Å². The molecule has 0 aliphatic heterocycles. The molecule has 106 valence electrons. The summed E-state index contributed by atoms with van der Waals surface area (Å²) in [5.41, 5.74) is 5.60. The zero-order valence-corrected chi connectivity index (χ0v) is 12.0. The fourth-order valence-electron chi connectivity index (χ4n) is 2.57. The Labute approximate surface area is 111 Å². The number of hydrogen-bond donors (Lipinski definition) is 1. The van der Waals surface area contributed by atoms with Gasteiger partial charge in [0.25, 0.3) is 5.91 Å². The van der Waals surface area contributed by atoms with E-state index in [1.54, 1.807) is 7.11 Å². The number of nitrogens with zero attached hydrogens (tertiary/aromatic N) is 1. The number of ether oxygens (including phenoxy) is 1. The van der Waals surface area contributed by atoms with Gasteiger partial charge >= 0.3 is 0 Å². The number of amides is 1. The summed E-state index contributed by atoms with van der Waals surface area (Å²) in [6, 6.07) is 0.403. The van der Waals surface area contributed by atoms with Crippen LogP contribution in [-0.2, 0) is 9.53 Å². The summed E-state index contributed by atoms with van der Waals surface area (Å²) in [4.78, 5) is 14.4. The molecule has 0 aromatic rings. The molecule has 0 bridgehead atoms. The molecule has 0 radical (unpaired) electrons. The molecule has 0 spiro atoms. The zero-order valence-electron chi connectivity index (χ0n) is 12.0. The van der Waals surface area contributed by atoms with Crippen LogP contribution in [0.25, 0.3) is 0 Å². The van der Waals surface area contributed by atoms with Gasteiger partial charge in [0.2, 0.25) is 0 Å². The molecule has 0 aromatic heterocycles. The predicted octanol–water partition coefficient (Wildman–Crippen LogP) is 1.78. The first-order valence-corrected chi connectivity index (χ1v) is 7.13. The van der Waals surface area contributed by atoms with E-state index in [0.717, 1.165) is 25.8 Å². The second-order valence-corrected chi connectivity index (χ2v) is 5.61. The molecule has 0 aromatic carbocycles. The van der Waals surface area contributed by atoms with Crippen molar-refractivity contribution in [3.05, 3.63) is 0 Å². The van der Waals surface area contributed by atoms with E-state index in [9.17, 15) is 4.79 Å². The number of methoxy groups -OCH3 is 1. The van der Waals surface area contributed by atoms with Gasteiger partial charge in [0.1, 0.15) is 6.10 Å². The Balaban J connectivity index is 2.65. The largest absolute Gasteiger partial charge is 0.370 e. The zero-order chi connectivity index (χ0) is 13.5. The van der Waals surface area contributed by atoms with E-state index >= 15 is 0 Å². The maximum atomic E-state index is 12.4. The first-order valence-electron chi connectivity index (χ1n) is 7.13. The van der Waals surface area contributed by atoms with Gasteiger partial charge in [-0.1, -0.05) is 26.7 Å². The summed E-state index contributed by atoms with van der Waals surface area (Å²) in [7, 11) is 1.56. The molecule has 1 atom stereocenters. The summed E-state index contributed by atoms with van der Waals surface area (Å²) < 4.78 is 5.19. The van der Waals surface area contributed by atoms with Crippen LogP contribution in [0.1, 0.15) is 46.0 Å². The van der Waals surface area contributed by atoms with E-state index in [2.05, 4.69) is 13.8 Å². The average molecular weight is 256 g/mol. The minimum absolute atomic E-state index is 0.0764. The van der Waals surface area contributed by atoms with E-state index in [4.69, 9.17) is 10.5 Å². The topological polar surface area (TPSA) is 55.6 Å². The number of carbonyl (C=O) groups excluding carboxylic acids is 1. The second kappa shape index (κ2) is 7.74. The summed E-state index contributed by atoms with van der Waals surface area (Å²) in [6.07, 6.45) is 5.30. The highest BCUT2D eigenvalue weighted by Gasteiger charge is 2.30. The molecule has 1 rings (SSSR count). The van der Waals surface area contributed by atoms with Crippen LogP contribution in [0.4, 0.5) is 0 Å². The average Bonchev–Trinajstić information content (AvgIpc) is 2.84. The molecule has 4 nitrogen and oxygen atoms in total. The molecule has 4 heteroatoms. The molecule has 1 aliphatic carbocycles. The van der Waals surface area contributed by atoms with Gasteiger partial charge in [-0.25, -0.2) is 0 Å². The highest BCUT2D eigenvalue weighted by molar-refractivity contribution is 5.81. The number of carbonyl (C=O) groups is 1. The molecular weight excluding hydrogens is 228 g/mol. The van der Waals surface area contributed by atoms with Gasteiger partial charge < -0.3 is 15.4 Å². The minimum Gasteiger partial charge on any atom is -0.370 e. The third-order valence-corrected chi connectivity index (χ3v) is 3.77. The van der Waals surface area contributed by atoms with Crippen molar-refractivity contribution >= 4 is 5.91 Å². The smallest absolute Gasteiger partial charge is 0.253 e. The maximum absolute atomic E-state index is 12.4. The normalized spacial score (nSPS) is 18.3.